The van der Waals surface area contributed by atoms with Gasteiger partial charge < -0.3 is 11.1 Å². The number of nitrogens with zero attached hydrogens (tertiary/aromatic N) is 1. The van der Waals surface area contributed by atoms with Gasteiger partial charge in [-0.2, -0.15) is 0 Å². The van der Waals surface area contributed by atoms with Crippen molar-refractivity contribution in [3.05, 3.63) is 35.1 Å². The van der Waals surface area contributed by atoms with Gasteiger partial charge in [-0.1, -0.05) is 0 Å². The molecule has 0 aliphatic carbocycles. The first-order chi connectivity index (χ1) is 8.97. The topological polar surface area (TPSA) is 58.4 Å². The van der Waals surface area contributed by atoms with Gasteiger partial charge in [-0.3, -0.25) is 9.69 Å². The number of piperazine rings is 1. The van der Waals surface area contributed by atoms with Crippen LogP contribution >= 0.6 is 0 Å². The Labute approximate surface area is 108 Å². The van der Waals surface area contributed by atoms with Crippen molar-refractivity contribution in [2.75, 3.05) is 19.6 Å². The molecule has 1 fully saturated rings. The highest BCUT2D eigenvalue weighted by atomic mass is 19.2. The van der Waals surface area contributed by atoms with E-state index >= 15 is 0 Å². The molecule has 1 saturated heterocycles. The highest BCUT2D eigenvalue weighted by Crippen LogP contribution is 2.17. The third kappa shape index (κ3) is 3.24. The van der Waals surface area contributed by atoms with Gasteiger partial charge in [-0.15, -0.1) is 0 Å². The molecule has 1 heterocycles. The molecule has 1 amide bonds. The molecule has 4 nitrogen and oxygen atoms in total. The molecule has 0 aromatic heterocycles. The van der Waals surface area contributed by atoms with Crippen molar-refractivity contribution < 1.29 is 18.0 Å². The van der Waals surface area contributed by atoms with Gasteiger partial charge in [0.2, 0.25) is 5.91 Å². The lowest BCUT2D eigenvalue weighted by Crippen LogP contribution is -2.55. The van der Waals surface area contributed by atoms with Crippen LogP contribution < -0.4 is 11.1 Å². The summed E-state index contributed by atoms with van der Waals surface area (Å²) in [7, 11) is 0. The number of hydrogen-bond donors (Lipinski definition) is 2. The normalized spacial score (nSPS) is 20.5. The fourth-order valence-electron chi connectivity index (χ4n) is 2.11. The Bertz CT molecular complexity index is 495. The van der Waals surface area contributed by atoms with Gasteiger partial charge in [0, 0.05) is 37.8 Å². The Morgan fingerprint density at radius 3 is 2.84 bits per heavy atom. The van der Waals surface area contributed by atoms with Crippen LogP contribution in [0.1, 0.15) is 5.56 Å². The number of hydrogen-bond acceptors (Lipinski definition) is 3. The molecule has 0 bridgehead atoms. The summed E-state index contributed by atoms with van der Waals surface area (Å²) in [5, 5.41) is 2.91. The number of nitrogens with one attached hydrogen (secondary N) is 1. The molecule has 19 heavy (non-hydrogen) atoms. The summed E-state index contributed by atoms with van der Waals surface area (Å²) in [4.78, 5) is 12.8. The number of nitrogens with two attached hydrogens (primary N) is 1. The monoisotopic (exact) mass is 273 g/mol. The van der Waals surface area contributed by atoms with E-state index < -0.39 is 29.4 Å². The van der Waals surface area contributed by atoms with E-state index in [1.54, 1.807) is 4.90 Å². The summed E-state index contributed by atoms with van der Waals surface area (Å²) in [6.45, 7) is 1.37. The fourth-order valence-corrected chi connectivity index (χ4v) is 2.11. The van der Waals surface area contributed by atoms with Crippen LogP contribution in [0.3, 0.4) is 0 Å². The highest BCUT2D eigenvalue weighted by Gasteiger charge is 2.24. The lowest BCUT2D eigenvalue weighted by molar-refractivity contribution is -0.121. The molecule has 0 spiro atoms. The minimum atomic E-state index is -1.21. The maximum absolute atomic E-state index is 13.5. The van der Waals surface area contributed by atoms with Gasteiger partial charge in [0.1, 0.15) is 5.82 Å². The largest absolute Gasteiger partial charge is 0.368 e. The second-order valence-corrected chi connectivity index (χ2v) is 4.50. The number of carbonyl (C=O) groups is 1. The van der Waals surface area contributed by atoms with Gasteiger partial charge in [0.05, 0.1) is 6.04 Å². The molecule has 1 atom stereocenters. The molecule has 3 N–H and O–H groups in total. The predicted octanol–water partition coefficient (Wildman–Crippen LogP) is 0.363. The minimum absolute atomic E-state index is 0.0337. The van der Waals surface area contributed by atoms with Crippen molar-refractivity contribution in [3.8, 4) is 0 Å². The summed E-state index contributed by atoms with van der Waals surface area (Å²) in [6, 6.07) is 0.929. The molecule has 0 radical (unpaired) electrons. The minimum Gasteiger partial charge on any atom is -0.368 e. The fraction of sp³-hybridized carbons (Fsp3) is 0.417. The number of benzene rings is 1. The summed E-state index contributed by atoms with van der Waals surface area (Å²) in [5.41, 5.74) is 5.11. The summed E-state index contributed by atoms with van der Waals surface area (Å²) in [5.74, 6) is -3.60. The van der Waals surface area contributed by atoms with Gasteiger partial charge >= 0.3 is 0 Å². The molecular weight excluding hydrogens is 259 g/mol. The maximum atomic E-state index is 13.5. The Morgan fingerprint density at radius 1 is 1.42 bits per heavy atom. The van der Waals surface area contributed by atoms with Crippen molar-refractivity contribution in [2.45, 2.75) is 12.6 Å². The standard InChI is InChI=1S/C12H14F3N3O/c13-8-3-7(11(15)9(14)4-8)5-18-2-1-17-10(6-18)12(16)19/h3-4,10,17H,1-2,5-6H2,(H2,16,19)/t10-/m0/s1. The molecule has 104 valence electrons. The quantitative estimate of drug-likeness (QED) is 0.782. The Hall–Kier alpha value is -1.60. The third-order valence-corrected chi connectivity index (χ3v) is 3.07. The molecule has 0 unspecified atom stereocenters. The number of carbonyl (C=O) groups excluding carboxylic acids is 1. The molecule has 1 aliphatic heterocycles. The van der Waals surface area contributed by atoms with Crippen LogP contribution in [-0.4, -0.2) is 36.5 Å². The van der Waals surface area contributed by atoms with Crippen molar-refractivity contribution >= 4 is 5.91 Å². The van der Waals surface area contributed by atoms with Gasteiger partial charge in [0.25, 0.3) is 0 Å². The van der Waals surface area contributed by atoms with E-state index in [9.17, 15) is 18.0 Å². The van der Waals surface area contributed by atoms with Crippen molar-refractivity contribution in [3.63, 3.8) is 0 Å². The molecule has 2 rings (SSSR count). The van der Waals surface area contributed by atoms with Crippen LogP contribution in [0.5, 0.6) is 0 Å². The Kier molecular flexibility index (Phi) is 4.06. The van der Waals surface area contributed by atoms with Crippen molar-refractivity contribution in [1.82, 2.24) is 10.2 Å². The van der Waals surface area contributed by atoms with E-state index in [0.29, 0.717) is 19.2 Å². The number of halogens is 3. The van der Waals surface area contributed by atoms with E-state index in [1.807, 2.05) is 0 Å². The zero-order valence-corrected chi connectivity index (χ0v) is 10.1. The summed E-state index contributed by atoms with van der Waals surface area (Å²) < 4.78 is 39.7. The van der Waals surface area contributed by atoms with Crippen LogP contribution in [0, 0.1) is 17.5 Å². The maximum Gasteiger partial charge on any atom is 0.235 e. The van der Waals surface area contributed by atoms with Gasteiger partial charge in [0.15, 0.2) is 11.6 Å². The first-order valence-electron chi connectivity index (χ1n) is 5.86. The smallest absolute Gasteiger partial charge is 0.235 e. The second-order valence-electron chi connectivity index (χ2n) is 4.50. The van der Waals surface area contributed by atoms with E-state index in [1.165, 1.54) is 0 Å². The van der Waals surface area contributed by atoms with Crippen LogP contribution in [0.4, 0.5) is 13.2 Å². The van der Waals surface area contributed by atoms with Crippen molar-refractivity contribution in [2.24, 2.45) is 5.73 Å². The number of rotatable bonds is 3. The molecule has 1 aromatic rings. The lowest BCUT2D eigenvalue weighted by Gasteiger charge is -2.32. The van der Waals surface area contributed by atoms with E-state index in [0.717, 1.165) is 6.07 Å². The van der Waals surface area contributed by atoms with Crippen LogP contribution in [0.25, 0.3) is 0 Å². The number of primary amides is 1. The Balaban J connectivity index is 2.11. The molecule has 7 heteroatoms. The third-order valence-electron chi connectivity index (χ3n) is 3.07. The lowest BCUT2D eigenvalue weighted by atomic mass is 10.1. The van der Waals surface area contributed by atoms with Crippen molar-refractivity contribution in [1.29, 1.82) is 0 Å². The zero-order valence-electron chi connectivity index (χ0n) is 10.1. The van der Waals surface area contributed by atoms with Crippen LogP contribution in [0.15, 0.2) is 12.1 Å². The van der Waals surface area contributed by atoms with E-state index in [4.69, 9.17) is 5.73 Å². The predicted molar refractivity (Wildman–Crippen MR) is 62.6 cm³/mol. The van der Waals surface area contributed by atoms with E-state index in [-0.39, 0.29) is 18.7 Å². The van der Waals surface area contributed by atoms with E-state index in [2.05, 4.69) is 5.32 Å². The average Bonchev–Trinajstić information content (AvgIpc) is 2.35. The summed E-state index contributed by atoms with van der Waals surface area (Å²) >= 11 is 0. The average molecular weight is 273 g/mol. The number of amides is 1. The summed E-state index contributed by atoms with van der Waals surface area (Å²) in [6.07, 6.45) is 0. The zero-order chi connectivity index (χ0) is 14.0. The Morgan fingerprint density at radius 2 is 2.16 bits per heavy atom. The highest BCUT2D eigenvalue weighted by molar-refractivity contribution is 5.80. The SMILES string of the molecule is NC(=O)[C@@H]1CN(Cc2cc(F)cc(F)c2F)CCN1. The second kappa shape index (κ2) is 5.58. The molecular formula is C12H14F3N3O. The van der Waals surface area contributed by atoms with Crippen LogP contribution in [-0.2, 0) is 11.3 Å². The van der Waals surface area contributed by atoms with Gasteiger partial charge in [-0.05, 0) is 6.07 Å². The molecule has 0 saturated carbocycles. The molecule has 1 aromatic carbocycles. The first kappa shape index (κ1) is 13.8. The van der Waals surface area contributed by atoms with Gasteiger partial charge in [-0.25, -0.2) is 13.2 Å². The molecule has 1 aliphatic rings. The van der Waals surface area contributed by atoms with Crippen LogP contribution in [0.2, 0.25) is 0 Å². The first-order valence-corrected chi connectivity index (χ1v) is 5.86.